The second kappa shape index (κ2) is 5.56. The van der Waals surface area contributed by atoms with Gasteiger partial charge in [-0.3, -0.25) is 9.69 Å². The molecule has 1 spiro atoms. The molecule has 3 aliphatic rings. The van der Waals surface area contributed by atoms with Gasteiger partial charge in [-0.2, -0.15) is 4.98 Å². The van der Waals surface area contributed by atoms with Crippen molar-refractivity contribution >= 4 is 17.3 Å². The molecule has 1 aromatic heterocycles. The van der Waals surface area contributed by atoms with Crippen molar-refractivity contribution in [2.45, 2.75) is 43.7 Å². The Morgan fingerprint density at radius 1 is 1.20 bits per heavy atom. The van der Waals surface area contributed by atoms with Crippen LogP contribution in [-0.4, -0.2) is 39.6 Å². The Labute approximate surface area is 145 Å². The van der Waals surface area contributed by atoms with Gasteiger partial charge in [0, 0.05) is 19.0 Å². The summed E-state index contributed by atoms with van der Waals surface area (Å²) in [6.45, 7) is 2.34. The highest BCUT2D eigenvalue weighted by Crippen LogP contribution is 2.39. The number of fused-ring (bicyclic) bond motifs is 1. The molecular weight excluding hydrogens is 318 g/mol. The fraction of sp³-hybridized carbons (Fsp3) is 0.500. The van der Waals surface area contributed by atoms with Crippen LogP contribution in [0, 0.1) is 0 Å². The van der Waals surface area contributed by atoms with E-state index in [9.17, 15) is 4.79 Å². The van der Waals surface area contributed by atoms with Crippen molar-refractivity contribution in [2.75, 3.05) is 23.7 Å². The molecule has 3 heterocycles. The van der Waals surface area contributed by atoms with Gasteiger partial charge in [0.1, 0.15) is 5.54 Å². The summed E-state index contributed by atoms with van der Waals surface area (Å²) in [6, 6.07) is 7.86. The van der Waals surface area contributed by atoms with E-state index in [4.69, 9.17) is 4.52 Å². The van der Waals surface area contributed by atoms with Gasteiger partial charge in [0.05, 0.1) is 17.9 Å². The number of benzene rings is 1. The zero-order valence-electron chi connectivity index (χ0n) is 14.0. The van der Waals surface area contributed by atoms with Crippen LogP contribution in [0.5, 0.6) is 0 Å². The maximum atomic E-state index is 12.7. The number of rotatable bonds is 3. The third kappa shape index (κ3) is 2.68. The van der Waals surface area contributed by atoms with E-state index in [1.165, 1.54) is 0 Å². The van der Waals surface area contributed by atoms with Gasteiger partial charge in [-0.1, -0.05) is 17.3 Å². The van der Waals surface area contributed by atoms with Crippen LogP contribution in [0.25, 0.3) is 0 Å². The number of piperidine rings is 1. The van der Waals surface area contributed by atoms with Gasteiger partial charge in [-0.05, 0) is 37.8 Å². The normalized spacial score (nSPS) is 22.3. The number of hydrogen-bond acceptors (Lipinski definition) is 6. The number of carbonyl (C=O) groups excluding carboxylic acids is 1. The molecule has 0 bridgehead atoms. The Bertz CT molecular complexity index is 805. The van der Waals surface area contributed by atoms with E-state index in [-0.39, 0.29) is 5.91 Å². The molecule has 1 saturated heterocycles. The van der Waals surface area contributed by atoms with Gasteiger partial charge >= 0.3 is 0 Å². The van der Waals surface area contributed by atoms with Crippen molar-refractivity contribution in [1.29, 1.82) is 0 Å². The van der Waals surface area contributed by atoms with Gasteiger partial charge in [0.25, 0.3) is 0 Å². The van der Waals surface area contributed by atoms with E-state index >= 15 is 0 Å². The molecule has 2 fully saturated rings. The summed E-state index contributed by atoms with van der Waals surface area (Å²) >= 11 is 0. The number of nitrogens with one attached hydrogen (secondary N) is 2. The summed E-state index contributed by atoms with van der Waals surface area (Å²) in [4.78, 5) is 19.4. The number of hydrogen-bond donors (Lipinski definition) is 2. The summed E-state index contributed by atoms with van der Waals surface area (Å²) in [5.41, 5.74) is 1.35. The lowest BCUT2D eigenvalue weighted by atomic mass is 9.84. The predicted molar refractivity (Wildman–Crippen MR) is 92.2 cm³/mol. The lowest BCUT2D eigenvalue weighted by molar-refractivity contribution is -0.122. The van der Waals surface area contributed by atoms with E-state index in [0.717, 1.165) is 61.9 Å². The Balaban J connectivity index is 1.25. The van der Waals surface area contributed by atoms with Crippen LogP contribution >= 0.6 is 0 Å². The SMILES string of the molecule is O=C1Nc2ccccc2NC12CCN(Cc1noc(C3CC3)n1)CC2. The Kier molecular flexibility index (Phi) is 3.31. The minimum absolute atomic E-state index is 0.0708. The largest absolute Gasteiger partial charge is 0.369 e. The highest BCUT2D eigenvalue weighted by Gasteiger charge is 2.44. The molecule has 0 unspecified atom stereocenters. The fourth-order valence-electron chi connectivity index (χ4n) is 3.73. The van der Waals surface area contributed by atoms with Gasteiger partial charge in [-0.15, -0.1) is 0 Å². The molecular formula is C18H21N5O2. The lowest BCUT2D eigenvalue weighted by Gasteiger charge is -2.44. The molecule has 130 valence electrons. The second-order valence-electron chi connectivity index (χ2n) is 7.31. The Hall–Kier alpha value is -2.41. The third-order valence-corrected chi connectivity index (χ3v) is 5.47. The minimum atomic E-state index is -0.513. The number of aromatic nitrogens is 2. The quantitative estimate of drug-likeness (QED) is 0.893. The third-order valence-electron chi connectivity index (χ3n) is 5.47. The molecule has 1 saturated carbocycles. The van der Waals surface area contributed by atoms with Crippen molar-refractivity contribution in [2.24, 2.45) is 0 Å². The van der Waals surface area contributed by atoms with Crippen LogP contribution in [-0.2, 0) is 11.3 Å². The zero-order valence-corrected chi connectivity index (χ0v) is 14.0. The van der Waals surface area contributed by atoms with Crippen molar-refractivity contribution in [3.8, 4) is 0 Å². The second-order valence-corrected chi connectivity index (χ2v) is 7.31. The first-order valence-corrected chi connectivity index (χ1v) is 8.95. The first-order valence-electron chi connectivity index (χ1n) is 8.95. The van der Waals surface area contributed by atoms with E-state index in [1.807, 2.05) is 24.3 Å². The first-order chi connectivity index (χ1) is 12.2. The number of amides is 1. The summed E-state index contributed by atoms with van der Waals surface area (Å²) in [5, 5.41) is 10.6. The molecule has 7 heteroatoms. The number of likely N-dealkylation sites (tertiary alicyclic amines) is 1. The molecule has 1 amide bonds. The Morgan fingerprint density at radius 3 is 2.72 bits per heavy atom. The lowest BCUT2D eigenvalue weighted by Crippen LogP contribution is -2.58. The monoisotopic (exact) mass is 339 g/mol. The average molecular weight is 339 g/mol. The topological polar surface area (TPSA) is 83.3 Å². The molecule has 2 aliphatic heterocycles. The van der Waals surface area contributed by atoms with Crippen LogP contribution < -0.4 is 10.6 Å². The van der Waals surface area contributed by atoms with Gasteiger partial charge in [-0.25, -0.2) is 0 Å². The number of para-hydroxylation sites is 2. The van der Waals surface area contributed by atoms with Gasteiger partial charge in [0.2, 0.25) is 11.8 Å². The summed E-state index contributed by atoms with van der Waals surface area (Å²) in [5.74, 6) is 2.10. The summed E-state index contributed by atoms with van der Waals surface area (Å²) < 4.78 is 5.33. The number of carbonyl (C=O) groups is 1. The van der Waals surface area contributed by atoms with Crippen LogP contribution in [0.3, 0.4) is 0 Å². The van der Waals surface area contributed by atoms with Crippen LogP contribution in [0.15, 0.2) is 28.8 Å². The molecule has 25 heavy (non-hydrogen) atoms. The molecule has 1 aliphatic carbocycles. The molecule has 1 aromatic carbocycles. The maximum absolute atomic E-state index is 12.7. The highest BCUT2D eigenvalue weighted by molar-refractivity contribution is 6.06. The smallest absolute Gasteiger partial charge is 0.250 e. The molecule has 5 rings (SSSR count). The first kappa shape index (κ1) is 14.9. The Morgan fingerprint density at radius 2 is 1.96 bits per heavy atom. The zero-order chi connectivity index (χ0) is 16.9. The molecule has 2 aromatic rings. The predicted octanol–water partition coefficient (Wildman–Crippen LogP) is 2.35. The van der Waals surface area contributed by atoms with Crippen molar-refractivity contribution in [3.05, 3.63) is 36.0 Å². The molecule has 0 atom stereocenters. The summed E-state index contributed by atoms with van der Waals surface area (Å²) in [7, 11) is 0. The van der Waals surface area contributed by atoms with E-state index in [1.54, 1.807) is 0 Å². The van der Waals surface area contributed by atoms with Gasteiger partial charge < -0.3 is 15.2 Å². The minimum Gasteiger partial charge on any atom is -0.369 e. The van der Waals surface area contributed by atoms with E-state index in [2.05, 4.69) is 25.7 Å². The number of nitrogens with zero attached hydrogens (tertiary/aromatic N) is 3. The number of anilines is 2. The van der Waals surface area contributed by atoms with Crippen LogP contribution in [0.2, 0.25) is 0 Å². The van der Waals surface area contributed by atoms with Crippen molar-refractivity contribution < 1.29 is 9.32 Å². The summed E-state index contributed by atoms with van der Waals surface area (Å²) in [6.07, 6.45) is 3.85. The molecule has 2 N–H and O–H groups in total. The van der Waals surface area contributed by atoms with Gasteiger partial charge in [0.15, 0.2) is 5.82 Å². The molecule has 7 nitrogen and oxygen atoms in total. The fourth-order valence-corrected chi connectivity index (χ4v) is 3.73. The highest BCUT2D eigenvalue weighted by atomic mass is 16.5. The van der Waals surface area contributed by atoms with E-state index in [0.29, 0.717) is 12.5 Å². The molecule has 0 radical (unpaired) electrons. The van der Waals surface area contributed by atoms with Crippen molar-refractivity contribution in [3.63, 3.8) is 0 Å². The van der Waals surface area contributed by atoms with Crippen LogP contribution in [0.4, 0.5) is 11.4 Å². The standard InChI is InChI=1S/C18H21N5O2/c24-17-18(21-14-4-2-1-3-13(14)19-17)7-9-23(10-8-18)11-15-20-16(25-22-15)12-5-6-12/h1-4,12,21H,5-11H2,(H,19,24). The van der Waals surface area contributed by atoms with Crippen molar-refractivity contribution in [1.82, 2.24) is 15.0 Å². The van der Waals surface area contributed by atoms with Crippen LogP contribution in [0.1, 0.15) is 43.3 Å². The van der Waals surface area contributed by atoms with E-state index < -0.39 is 5.54 Å². The average Bonchev–Trinajstić information content (AvgIpc) is 3.38. The maximum Gasteiger partial charge on any atom is 0.250 e.